The summed E-state index contributed by atoms with van der Waals surface area (Å²) in [6.07, 6.45) is 5.28. The van der Waals surface area contributed by atoms with Crippen LogP contribution in [0.25, 0.3) is 33.6 Å². The van der Waals surface area contributed by atoms with E-state index in [0.717, 1.165) is 49.0 Å². The van der Waals surface area contributed by atoms with Gasteiger partial charge in [-0.25, -0.2) is 14.8 Å². The third kappa shape index (κ3) is 5.59. The highest BCUT2D eigenvalue weighted by Crippen LogP contribution is 2.39. The zero-order valence-corrected chi connectivity index (χ0v) is 26.0. The van der Waals surface area contributed by atoms with Gasteiger partial charge in [-0.3, -0.25) is 4.79 Å². The third-order valence-electron chi connectivity index (χ3n) is 9.20. The van der Waals surface area contributed by atoms with Crippen LogP contribution in [0.3, 0.4) is 0 Å². The van der Waals surface area contributed by atoms with E-state index >= 15 is 0 Å². The van der Waals surface area contributed by atoms with Gasteiger partial charge in [0.2, 0.25) is 0 Å². The van der Waals surface area contributed by atoms with Gasteiger partial charge in [0, 0.05) is 50.4 Å². The highest BCUT2D eigenvalue weighted by molar-refractivity contribution is 6.00. The molecule has 1 aromatic carbocycles. The van der Waals surface area contributed by atoms with E-state index in [1.54, 1.807) is 33.7 Å². The number of likely N-dealkylation sites (tertiary alicyclic amines) is 2. The molecule has 238 valence electrons. The van der Waals surface area contributed by atoms with Gasteiger partial charge in [0.15, 0.2) is 11.6 Å². The van der Waals surface area contributed by atoms with Crippen LogP contribution < -0.4 is 4.74 Å². The standard InChI is InChI=1S/C33H38F2N6O4/c1-33(2,3)45-32(43)40-13-10-20-9-12-39(18-25(20)40)30(42)22-14-23-27(26(16-22)44-31(34)35)38(4)29(37-23)24-15-21-6-5-11-36-28(21)41(24)17-19-7-8-19/h5-6,11,14-16,19-20,25,31H,7-10,12-13,17-18H2,1-4H3. The number of hydrogen-bond donors (Lipinski definition) is 0. The van der Waals surface area contributed by atoms with E-state index in [2.05, 4.69) is 9.55 Å². The maximum atomic E-state index is 13.9. The number of ether oxygens (including phenoxy) is 2. The Hall–Kier alpha value is -4.22. The number of piperidine rings is 1. The minimum atomic E-state index is -3.08. The first kappa shape index (κ1) is 29.5. The van der Waals surface area contributed by atoms with Crippen molar-refractivity contribution >= 4 is 34.1 Å². The lowest BCUT2D eigenvalue weighted by Gasteiger charge is -2.38. The van der Waals surface area contributed by atoms with E-state index in [4.69, 9.17) is 14.5 Å². The number of rotatable bonds is 6. The van der Waals surface area contributed by atoms with Crippen LogP contribution >= 0.6 is 0 Å². The minimum absolute atomic E-state index is 0.110. The first-order valence-corrected chi connectivity index (χ1v) is 15.7. The molecule has 12 heteroatoms. The van der Waals surface area contributed by atoms with E-state index in [-0.39, 0.29) is 35.3 Å². The number of amides is 2. The molecular formula is C33H38F2N6O4. The monoisotopic (exact) mass is 620 g/mol. The number of aromatic nitrogens is 4. The largest absolute Gasteiger partial charge is 0.444 e. The van der Waals surface area contributed by atoms with Crippen LogP contribution in [0, 0.1) is 11.8 Å². The van der Waals surface area contributed by atoms with Gasteiger partial charge in [0.25, 0.3) is 5.91 Å². The first-order chi connectivity index (χ1) is 21.5. The zero-order chi connectivity index (χ0) is 31.6. The number of carbonyl (C=O) groups excluding carboxylic acids is 2. The smallest absolute Gasteiger partial charge is 0.410 e. The lowest BCUT2D eigenvalue weighted by Crippen LogP contribution is -2.52. The van der Waals surface area contributed by atoms with Crippen LogP contribution in [-0.2, 0) is 18.3 Å². The van der Waals surface area contributed by atoms with Gasteiger partial charge in [-0.1, -0.05) is 0 Å². The van der Waals surface area contributed by atoms with Crippen molar-refractivity contribution in [1.29, 1.82) is 0 Å². The number of halogens is 2. The van der Waals surface area contributed by atoms with Crippen LogP contribution in [0.5, 0.6) is 5.75 Å². The third-order valence-corrected chi connectivity index (χ3v) is 9.20. The molecule has 3 fully saturated rings. The van der Waals surface area contributed by atoms with Crippen molar-refractivity contribution < 1.29 is 27.8 Å². The molecule has 7 rings (SSSR count). The summed E-state index contributed by atoms with van der Waals surface area (Å²) in [5.41, 5.74) is 2.03. The van der Waals surface area contributed by atoms with Crippen molar-refractivity contribution in [2.24, 2.45) is 18.9 Å². The van der Waals surface area contributed by atoms with Gasteiger partial charge in [0.05, 0.1) is 17.3 Å². The highest BCUT2D eigenvalue weighted by Gasteiger charge is 2.43. The number of hydrogen-bond acceptors (Lipinski definition) is 6. The van der Waals surface area contributed by atoms with E-state index in [9.17, 15) is 18.4 Å². The van der Waals surface area contributed by atoms with E-state index in [0.29, 0.717) is 42.4 Å². The second-order valence-electron chi connectivity index (χ2n) is 13.5. The molecule has 2 amide bonds. The van der Waals surface area contributed by atoms with Crippen LogP contribution in [-0.4, -0.2) is 78.8 Å². The molecule has 10 nitrogen and oxygen atoms in total. The highest BCUT2D eigenvalue weighted by atomic mass is 19.3. The molecule has 2 saturated heterocycles. The van der Waals surface area contributed by atoms with E-state index in [1.807, 2.05) is 39.0 Å². The lowest BCUT2D eigenvalue weighted by molar-refractivity contribution is -0.0490. The van der Waals surface area contributed by atoms with Crippen molar-refractivity contribution in [3.63, 3.8) is 0 Å². The first-order valence-electron chi connectivity index (χ1n) is 15.7. The number of fused-ring (bicyclic) bond motifs is 3. The van der Waals surface area contributed by atoms with E-state index < -0.39 is 12.2 Å². The summed E-state index contributed by atoms with van der Waals surface area (Å²) >= 11 is 0. The number of aryl methyl sites for hydroxylation is 1. The zero-order valence-electron chi connectivity index (χ0n) is 26.0. The second-order valence-corrected chi connectivity index (χ2v) is 13.5. The maximum Gasteiger partial charge on any atom is 0.410 e. The predicted molar refractivity (Wildman–Crippen MR) is 164 cm³/mol. The molecule has 45 heavy (non-hydrogen) atoms. The van der Waals surface area contributed by atoms with Crippen LogP contribution in [0.1, 0.15) is 56.8 Å². The molecule has 5 heterocycles. The average molecular weight is 621 g/mol. The van der Waals surface area contributed by atoms with Gasteiger partial charge >= 0.3 is 12.7 Å². The summed E-state index contributed by atoms with van der Waals surface area (Å²) in [4.78, 5) is 39.8. The molecule has 0 N–H and O–H groups in total. The number of imidazole rings is 1. The number of nitrogens with zero attached hydrogens (tertiary/aromatic N) is 6. The Bertz CT molecular complexity index is 1790. The fourth-order valence-electron chi connectivity index (χ4n) is 6.92. The summed E-state index contributed by atoms with van der Waals surface area (Å²) in [5, 5.41) is 0.968. The molecule has 3 aromatic heterocycles. The fraction of sp³-hybridized carbons (Fsp3) is 0.515. The average Bonchev–Trinajstić information content (AvgIpc) is 3.44. The maximum absolute atomic E-state index is 13.9. The molecule has 2 unspecified atom stereocenters. The van der Waals surface area contributed by atoms with Crippen molar-refractivity contribution in [2.45, 2.75) is 71.3 Å². The minimum Gasteiger partial charge on any atom is -0.444 e. The second kappa shape index (κ2) is 11.0. The summed E-state index contributed by atoms with van der Waals surface area (Å²) in [6.45, 7) is 4.62. The van der Waals surface area contributed by atoms with Crippen molar-refractivity contribution in [2.75, 3.05) is 19.6 Å². The quantitative estimate of drug-likeness (QED) is 0.260. The molecule has 0 spiro atoms. The van der Waals surface area contributed by atoms with Crippen molar-refractivity contribution in [3.8, 4) is 17.3 Å². The van der Waals surface area contributed by atoms with Gasteiger partial charge in [0.1, 0.15) is 16.8 Å². The summed E-state index contributed by atoms with van der Waals surface area (Å²) in [6, 6.07) is 8.77. The van der Waals surface area contributed by atoms with Crippen LogP contribution in [0.15, 0.2) is 36.5 Å². The fourth-order valence-corrected chi connectivity index (χ4v) is 6.92. The molecule has 2 aliphatic heterocycles. The Kier molecular flexibility index (Phi) is 7.20. The van der Waals surface area contributed by atoms with E-state index in [1.165, 1.54) is 6.07 Å². The van der Waals surface area contributed by atoms with Crippen molar-refractivity contribution in [1.82, 2.24) is 28.9 Å². The molecule has 4 aromatic rings. The van der Waals surface area contributed by atoms with Gasteiger partial charge < -0.3 is 28.4 Å². The summed E-state index contributed by atoms with van der Waals surface area (Å²) < 4.78 is 42.0. The summed E-state index contributed by atoms with van der Waals surface area (Å²) in [7, 11) is 1.77. The van der Waals surface area contributed by atoms with Gasteiger partial charge in [-0.15, -0.1) is 0 Å². The topological polar surface area (TPSA) is 94.7 Å². The molecule has 3 aliphatic rings. The molecule has 0 bridgehead atoms. The normalized spacial score (nSPS) is 20.3. The molecule has 0 radical (unpaired) electrons. The van der Waals surface area contributed by atoms with Gasteiger partial charge in [-0.05, 0) is 88.6 Å². The number of alkyl halides is 2. The summed E-state index contributed by atoms with van der Waals surface area (Å²) in [5.74, 6) is 0.989. The predicted octanol–water partition coefficient (Wildman–Crippen LogP) is 6.07. The lowest BCUT2D eigenvalue weighted by atomic mass is 9.92. The number of pyridine rings is 1. The SMILES string of the molecule is Cn1c(-c2cc3cccnc3n2CC2CC2)nc2cc(C(=O)N3CCC4CCN(C(=O)OC(C)(C)C)C4C3)cc(OC(F)F)c21. The molecule has 2 atom stereocenters. The number of benzene rings is 1. The molecule has 1 saturated carbocycles. The Morgan fingerprint density at radius 3 is 2.60 bits per heavy atom. The van der Waals surface area contributed by atoms with Crippen molar-refractivity contribution in [3.05, 3.63) is 42.1 Å². The Morgan fingerprint density at radius 2 is 1.87 bits per heavy atom. The molecule has 1 aliphatic carbocycles. The van der Waals surface area contributed by atoms with Gasteiger partial charge in [-0.2, -0.15) is 8.78 Å². The Balaban J connectivity index is 1.24. The molecular weight excluding hydrogens is 582 g/mol. The van der Waals surface area contributed by atoms with Crippen LogP contribution in [0.2, 0.25) is 0 Å². The Labute approximate surface area is 259 Å². The van der Waals surface area contributed by atoms with Crippen LogP contribution in [0.4, 0.5) is 13.6 Å². The number of carbonyl (C=O) groups is 2. The Morgan fingerprint density at radius 1 is 1.09 bits per heavy atom.